The Hall–Kier alpha value is -1.07. The Morgan fingerprint density at radius 3 is 2.85 bits per heavy atom. The minimum absolute atomic E-state index is 0.0205. The molecule has 0 spiro atoms. The predicted octanol–water partition coefficient (Wildman–Crippen LogP) is 2.54. The standard InChI is InChI=1S/C15H21BrN2O2/c1-10-3-5-12(15(17)19)9-18(10)8-11-4-6-14(20-2)13(16)7-11/h4,6-7,10,12H,3,5,8-9H2,1-2H3,(H2,17,19). The number of hydrogen-bond acceptors (Lipinski definition) is 3. The minimum atomic E-state index is -0.183. The first-order chi connectivity index (χ1) is 9.51. The molecule has 2 unspecified atom stereocenters. The minimum Gasteiger partial charge on any atom is -0.496 e. The Balaban J connectivity index is 2.07. The van der Waals surface area contributed by atoms with Crippen molar-refractivity contribution < 1.29 is 9.53 Å². The van der Waals surface area contributed by atoms with Gasteiger partial charge in [-0.15, -0.1) is 0 Å². The fraction of sp³-hybridized carbons (Fsp3) is 0.533. The maximum absolute atomic E-state index is 11.4. The van der Waals surface area contributed by atoms with Gasteiger partial charge in [0.25, 0.3) is 0 Å². The smallest absolute Gasteiger partial charge is 0.221 e. The zero-order valence-corrected chi connectivity index (χ0v) is 13.5. The molecule has 4 nitrogen and oxygen atoms in total. The molecule has 1 amide bonds. The summed E-state index contributed by atoms with van der Waals surface area (Å²) < 4.78 is 6.19. The summed E-state index contributed by atoms with van der Waals surface area (Å²) in [6.45, 7) is 3.78. The van der Waals surface area contributed by atoms with Crippen molar-refractivity contribution in [3.05, 3.63) is 28.2 Å². The van der Waals surface area contributed by atoms with Crippen LogP contribution in [0.15, 0.2) is 22.7 Å². The van der Waals surface area contributed by atoms with Gasteiger partial charge < -0.3 is 10.5 Å². The van der Waals surface area contributed by atoms with Crippen LogP contribution in [0.1, 0.15) is 25.3 Å². The van der Waals surface area contributed by atoms with Gasteiger partial charge in [-0.3, -0.25) is 9.69 Å². The molecule has 5 heteroatoms. The van der Waals surface area contributed by atoms with E-state index in [-0.39, 0.29) is 11.8 Å². The molecule has 20 heavy (non-hydrogen) atoms. The molecule has 1 aliphatic rings. The summed E-state index contributed by atoms with van der Waals surface area (Å²) in [5.74, 6) is 0.626. The van der Waals surface area contributed by atoms with E-state index in [9.17, 15) is 4.79 Å². The fourth-order valence-corrected chi connectivity index (χ4v) is 3.26. The molecular weight excluding hydrogens is 320 g/mol. The lowest BCUT2D eigenvalue weighted by atomic mass is 9.92. The van der Waals surface area contributed by atoms with Crippen molar-refractivity contribution >= 4 is 21.8 Å². The number of methoxy groups -OCH3 is 1. The number of nitrogens with two attached hydrogens (primary N) is 1. The lowest BCUT2D eigenvalue weighted by molar-refractivity contribution is -0.124. The molecule has 2 N–H and O–H groups in total. The number of ether oxygens (including phenoxy) is 1. The number of rotatable bonds is 4. The van der Waals surface area contributed by atoms with Crippen LogP contribution in [0, 0.1) is 5.92 Å². The summed E-state index contributed by atoms with van der Waals surface area (Å²) in [6, 6.07) is 6.56. The lowest BCUT2D eigenvalue weighted by Crippen LogP contribution is -2.45. The Kier molecular flexibility index (Phi) is 5.05. The van der Waals surface area contributed by atoms with Gasteiger partial charge in [0, 0.05) is 19.1 Å². The average Bonchev–Trinajstić information content (AvgIpc) is 2.41. The Labute approximate surface area is 128 Å². The van der Waals surface area contributed by atoms with Gasteiger partial charge in [0.05, 0.1) is 17.5 Å². The van der Waals surface area contributed by atoms with Gasteiger partial charge in [0.2, 0.25) is 5.91 Å². The molecule has 1 fully saturated rings. The predicted molar refractivity (Wildman–Crippen MR) is 82.5 cm³/mol. The van der Waals surface area contributed by atoms with E-state index in [1.165, 1.54) is 5.56 Å². The number of halogens is 1. The van der Waals surface area contributed by atoms with E-state index in [1.807, 2.05) is 6.07 Å². The van der Waals surface area contributed by atoms with E-state index in [0.717, 1.165) is 36.2 Å². The first kappa shape index (κ1) is 15.3. The van der Waals surface area contributed by atoms with E-state index in [0.29, 0.717) is 6.04 Å². The van der Waals surface area contributed by atoms with Crippen molar-refractivity contribution in [2.75, 3.05) is 13.7 Å². The Morgan fingerprint density at radius 2 is 2.25 bits per heavy atom. The Bertz CT molecular complexity index is 493. The molecule has 110 valence electrons. The van der Waals surface area contributed by atoms with Gasteiger partial charge in [0.15, 0.2) is 0 Å². The largest absolute Gasteiger partial charge is 0.496 e. The molecule has 0 bridgehead atoms. The van der Waals surface area contributed by atoms with Gasteiger partial charge in [-0.2, -0.15) is 0 Å². The van der Waals surface area contributed by atoms with Crippen LogP contribution in [-0.4, -0.2) is 30.5 Å². The van der Waals surface area contributed by atoms with Crippen molar-refractivity contribution in [3.63, 3.8) is 0 Å². The van der Waals surface area contributed by atoms with Gasteiger partial charge in [-0.05, 0) is 53.4 Å². The molecule has 1 aromatic rings. The number of nitrogens with zero attached hydrogens (tertiary/aromatic N) is 1. The van der Waals surface area contributed by atoms with E-state index >= 15 is 0 Å². The van der Waals surface area contributed by atoms with Crippen molar-refractivity contribution in [1.29, 1.82) is 0 Å². The number of carbonyl (C=O) groups excluding carboxylic acids is 1. The van der Waals surface area contributed by atoms with Gasteiger partial charge in [-0.25, -0.2) is 0 Å². The topological polar surface area (TPSA) is 55.6 Å². The molecule has 0 radical (unpaired) electrons. The number of benzene rings is 1. The van der Waals surface area contributed by atoms with Crippen LogP contribution >= 0.6 is 15.9 Å². The summed E-state index contributed by atoms with van der Waals surface area (Å²) in [5.41, 5.74) is 6.64. The van der Waals surface area contributed by atoms with E-state index in [2.05, 4.69) is 39.9 Å². The van der Waals surface area contributed by atoms with Crippen LogP contribution in [0.3, 0.4) is 0 Å². The summed E-state index contributed by atoms with van der Waals surface area (Å²) in [4.78, 5) is 13.7. The maximum Gasteiger partial charge on any atom is 0.221 e. The molecule has 1 heterocycles. The molecule has 1 aliphatic heterocycles. The van der Waals surface area contributed by atoms with E-state index < -0.39 is 0 Å². The highest BCUT2D eigenvalue weighted by molar-refractivity contribution is 9.10. The van der Waals surface area contributed by atoms with Crippen LogP contribution in [0.4, 0.5) is 0 Å². The summed E-state index contributed by atoms with van der Waals surface area (Å²) in [6.07, 6.45) is 1.92. The highest BCUT2D eigenvalue weighted by Crippen LogP contribution is 2.28. The third-order valence-corrected chi connectivity index (χ3v) is 4.64. The third-order valence-electron chi connectivity index (χ3n) is 4.02. The fourth-order valence-electron chi connectivity index (χ4n) is 2.67. The zero-order valence-electron chi connectivity index (χ0n) is 11.9. The molecule has 0 aliphatic carbocycles. The van der Waals surface area contributed by atoms with Crippen molar-refractivity contribution in [2.45, 2.75) is 32.4 Å². The second kappa shape index (κ2) is 6.59. The van der Waals surface area contributed by atoms with E-state index in [1.54, 1.807) is 7.11 Å². The second-order valence-electron chi connectivity index (χ2n) is 5.42. The number of carbonyl (C=O) groups is 1. The average molecular weight is 341 g/mol. The number of amides is 1. The van der Waals surface area contributed by atoms with Gasteiger partial charge >= 0.3 is 0 Å². The third kappa shape index (κ3) is 3.52. The molecule has 1 saturated heterocycles. The second-order valence-corrected chi connectivity index (χ2v) is 6.28. The molecule has 2 atom stereocenters. The van der Waals surface area contributed by atoms with Crippen LogP contribution in [0.25, 0.3) is 0 Å². The number of primary amides is 1. The highest BCUT2D eigenvalue weighted by atomic mass is 79.9. The highest BCUT2D eigenvalue weighted by Gasteiger charge is 2.28. The Morgan fingerprint density at radius 1 is 1.50 bits per heavy atom. The molecule has 0 saturated carbocycles. The molecule has 0 aromatic heterocycles. The number of piperidine rings is 1. The van der Waals surface area contributed by atoms with Crippen LogP contribution in [-0.2, 0) is 11.3 Å². The van der Waals surface area contributed by atoms with Crippen molar-refractivity contribution in [1.82, 2.24) is 4.90 Å². The quantitative estimate of drug-likeness (QED) is 0.916. The van der Waals surface area contributed by atoms with Crippen molar-refractivity contribution in [3.8, 4) is 5.75 Å². The number of hydrogen-bond donors (Lipinski definition) is 1. The van der Waals surface area contributed by atoms with Gasteiger partial charge in [0.1, 0.15) is 5.75 Å². The first-order valence-corrected chi connectivity index (χ1v) is 7.66. The molecule has 2 rings (SSSR count). The lowest BCUT2D eigenvalue weighted by Gasteiger charge is -2.36. The number of likely N-dealkylation sites (tertiary alicyclic amines) is 1. The van der Waals surface area contributed by atoms with Gasteiger partial charge in [-0.1, -0.05) is 6.07 Å². The molecular formula is C15H21BrN2O2. The van der Waals surface area contributed by atoms with Crippen LogP contribution in [0.5, 0.6) is 5.75 Å². The summed E-state index contributed by atoms with van der Waals surface area (Å²) in [7, 11) is 1.66. The first-order valence-electron chi connectivity index (χ1n) is 6.87. The molecule has 1 aromatic carbocycles. The summed E-state index contributed by atoms with van der Waals surface area (Å²) >= 11 is 3.50. The maximum atomic E-state index is 11.4. The van der Waals surface area contributed by atoms with E-state index in [4.69, 9.17) is 10.5 Å². The van der Waals surface area contributed by atoms with Crippen molar-refractivity contribution in [2.24, 2.45) is 11.7 Å². The monoisotopic (exact) mass is 340 g/mol. The van der Waals surface area contributed by atoms with Crippen LogP contribution < -0.4 is 10.5 Å². The van der Waals surface area contributed by atoms with Crippen LogP contribution in [0.2, 0.25) is 0 Å². The normalized spacial score (nSPS) is 23.6. The summed E-state index contributed by atoms with van der Waals surface area (Å²) in [5, 5.41) is 0. The zero-order chi connectivity index (χ0) is 14.7. The SMILES string of the molecule is COc1ccc(CN2CC(C(N)=O)CCC2C)cc1Br.